The molecule has 1 aromatic heterocycles. The molecule has 1 aliphatic rings. The van der Waals surface area contributed by atoms with Crippen LogP contribution in [0.2, 0.25) is 0 Å². The summed E-state index contributed by atoms with van der Waals surface area (Å²) in [7, 11) is 0. The van der Waals surface area contributed by atoms with E-state index < -0.39 is 11.7 Å². The van der Waals surface area contributed by atoms with Crippen LogP contribution in [0.15, 0.2) is 36.5 Å². The van der Waals surface area contributed by atoms with E-state index in [0.29, 0.717) is 38.4 Å². The highest BCUT2D eigenvalue weighted by atomic mass is 19.4. The number of halogens is 3. The van der Waals surface area contributed by atoms with Gasteiger partial charge in [0.15, 0.2) is 0 Å². The Kier molecular flexibility index (Phi) is 6.84. The van der Waals surface area contributed by atoms with Crippen LogP contribution in [-0.4, -0.2) is 36.6 Å². The van der Waals surface area contributed by atoms with Gasteiger partial charge in [0, 0.05) is 25.3 Å². The van der Waals surface area contributed by atoms with Crippen molar-refractivity contribution < 1.29 is 22.7 Å². The molecule has 0 radical (unpaired) electrons. The fourth-order valence-electron chi connectivity index (χ4n) is 3.57. The van der Waals surface area contributed by atoms with Crippen LogP contribution in [0.1, 0.15) is 36.0 Å². The second-order valence-electron chi connectivity index (χ2n) is 7.55. The number of ether oxygens (including phenoxy) is 1. The molecular weight excluding hydrogens is 395 g/mol. The Bertz CT molecular complexity index is 841. The van der Waals surface area contributed by atoms with E-state index >= 15 is 0 Å². The van der Waals surface area contributed by atoms with Crippen molar-refractivity contribution in [3.8, 4) is 5.75 Å². The molecule has 0 aliphatic carbocycles. The quantitative estimate of drug-likeness (QED) is 0.757. The molecule has 0 atom stereocenters. The smallest absolute Gasteiger partial charge is 0.417 e. The first-order chi connectivity index (χ1) is 14.2. The maximum atomic E-state index is 12.7. The number of rotatable bonds is 6. The van der Waals surface area contributed by atoms with E-state index in [1.54, 1.807) is 0 Å². The number of hydrogen-bond donors (Lipinski definition) is 1. The second kappa shape index (κ2) is 9.36. The van der Waals surface area contributed by atoms with Gasteiger partial charge in [-0.05, 0) is 49.9 Å². The predicted octanol–water partition coefficient (Wildman–Crippen LogP) is 4.27. The van der Waals surface area contributed by atoms with Gasteiger partial charge in [0.05, 0.1) is 18.6 Å². The standard InChI is InChI=1S/C22H26F3N3O2/c1-15-4-3-5-16(2)21(15)30-13-10-20(29)27-18-8-11-28(12-9-18)19-7-6-17(14-26-19)22(23,24)25/h3-7,14,18H,8-13H2,1-2H3,(H,27,29). The normalized spacial score (nSPS) is 15.2. The highest BCUT2D eigenvalue weighted by molar-refractivity contribution is 5.76. The molecule has 1 amide bonds. The monoisotopic (exact) mass is 421 g/mol. The number of nitrogens with one attached hydrogen (secondary N) is 1. The number of nitrogens with zero attached hydrogens (tertiary/aromatic N) is 2. The zero-order chi connectivity index (χ0) is 21.7. The minimum absolute atomic E-state index is 0.0448. The van der Waals surface area contributed by atoms with Gasteiger partial charge < -0.3 is 15.0 Å². The van der Waals surface area contributed by atoms with Gasteiger partial charge in [-0.25, -0.2) is 4.98 Å². The molecule has 0 bridgehead atoms. The van der Waals surface area contributed by atoms with E-state index in [0.717, 1.165) is 29.1 Å². The summed E-state index contributed by atoms with van der Waals surface area (Å²) in [5.41, 5.74) is 1.33. The molecule has 162 valence electrons. The average molecular weight is 421 g/mol. The van der Waals surface area contributed by atoms with Gasteiger partial charge in [0.25, 0.3) is 0 Å². The van der Waals surface area contributed by atoms with Crippen LogP contribution < -0.4 is 15.0 Å². The number of piperidine rings is 1. The van der Waals surface area contributed by atoms with Crippen molar-refractivity contribution in [1.29, 1.82) is 0 Å². The molecule has 1 saturated heterocycles. The summed E-state index contributed by atoms with van der Waals surface area (Å²) in [5.74, 6) is 1.28. The highest BCUT2D eigenvalue weighted by Gasteiger charge is 2.31. The molecule has 5 nitrogen and oxygen atoms in total. The molecule has 0 spiro atoms. The number of carbonyl (C=O) groups is 1. The number of alkyl halides is 3. The van der Waals surface area contributed by atoms with E-state index in [4.69, 9.17) is 4.74 Å². The number of hydrogen-bond acceptors (Lipinski definition) is 4. The molecular formula is C22H26F3N3O2. The Morgan fingerprint density at radius 1 is 1.17 bits per heavy atom. The van der Waals surface area contributed by atoms with Crippen LogP contribution in [0.3, 0.4) is 0 Å². The first-order valence-corrected chi connectivity index (χ1v) is 10.0. The Morgan fingerprint density at radius 2 is 1.83 bits per heavy atom. The van der Waals surface area contributed by atoms with Gasteiger partial charge in [-0.2, -0.15) is 13.2 Å². The van der Waals surface area contributed by atoms with E-state index in [2.05, 4.69) is 10.3 Å². The molecule has 0 saturated carbocycles. The van der Waals surface area contributed by atoms with Crippen LogP contribution in [0.4, 0.5) is 19.0 Å². The average Bonchev–Trinajstić information content (AvgIpc) is 2.70. The topological polar surface area (TPSA) is 54.5 Å². The van der Waals surface area contributed by atoms with E-state index in [1.165, 1.54) is 6.07 Å². The zero-order valence-electron chi connectivity index (χ0n) is 17.1. The Balaban J connectivity index is 1.41. The number of aromatic nitrogens is 1. The number of amides is 1. The minimum Gasteiger partial charge on any atom is -0.493 e. The maximum absolute atomic E-state index is 12.7. The number of para-hydroxylation sites is 1. The molecule has 1 aromatic carbocycles. The fourth-order valence-corrected chi connectivity index (χ4v) is 3.57. The third kappa shape index (κ3) is 5.64. The summed E-state index contributed by atoms with van der Waals surface area (Å²) in [6, 6.07) is 8.41. The molecule has 8 heteroatoms. The number of carbonyl (C=O) groups excluding carboxylic acids is 1. The van der Waals surface area contributed by atoms with Crippen molar-refractivity contribution in [2.45, 2.75) is 45.3 Å². The molecule has 2 heterocycles. The molecule has 0 unspecified atom stereocenters. The molecule has 1 fully saturated rings. The summed E-state index contributed by atoms with van der Waals surface area (Å²) in [6.07, 6.45) is -1.82. The van der Waals surface area contributed by atoms with Crippen LogP contribution in [0.5, 0.6) is 5.75 Å². The van der Waals surface area contributed by atoms with Gasteiger partial charge in [-0.3, -0.25) is 4.79 Å². The second-order valence-corrected chi connectivity index (χ2v) is 7.55. The highest BCUT2D eigenvalue weighted by Crippen LogP contribution is 2.30. The molecule has 30 heavy (non-hydrogen) atoms. The van der Waals surface area contributed by atoms with Crippen molar-refractivity contribution in [1.82, 2.24) is 10.3 Å². The first kappa shape index (κ1) is 21.9. The lowest BCUT2D eigenvalue weighted by Gasteiger charge is -2.33. The van der Waals surface area contributed by atoms with Crippen molar-refractivity contribution in [2.24, 2.45) is 0 Å². The van der Waals surface area contributed by atoms with Crippen LogP contribution in [-0.2, 0) is 11.0 Å². The Labute approximate surface area is 174 Å². The summed E-state index contributed by atoms with van der Waals surface area (Å²) < 4.78 is 43.7. The van der Waals surface area contributed by atoms with Gasteiger partial charge >= 0.3 is 6.18 Å². The van der Waals surface area contributed by atoms with Crippen molar-refractivity contribution >= 4 is 11.7 Å². The number of pyridine rings is 1. The Morgan fingerprint density at radius 3 is 2.40 bits per heavy atom. The lowest BCUT2D eigenvalue weighted by molar-refractivity contribution is -0.137. The number of aryl methyl sites for hydroxylation is 2. The third-order valence-electron chi connectivity index (χ3n) is 5.24. The fraction of sp³-hybridized carbons (Fsp3) is 0.455. The van der Waals surface area contributed by atoms with Crippen molar-refractivity contribution in [3.05, 3.63) is 53.2 Å². The van der Waals surface area contributed by atoms with Gasteiger partial charge in [-0.15, -0.1) is 0 Å². The number of benzene rings is 1. The summed E-state index contributed by atoms with van der Waals surface area (Å²) in [5, 5.41) is 3.02. The number of anilines is 1. The lowest BCUT2D eigenvalue weighted by atomic mass is 10.0. The molecule has 1 aliphatic heterocycles. The first-order valence-electron chi connectivity index (χ1n) is 10.0. The third-order valence-corrected chi connectivity index (χ3v) is 5.24. The van der Waals surface area contributed by atoms with Gasteiger partial charge in [0.2, 0.25) is 5.91 Å². The molecule has 2 aromatic rings. The van der Waals surface area contributed by atoms with Crippen LogP contribution >= 0.6 is 0 Å². The van der Waals surface area contributed by atoms with E-state index in [9.17, 15) is 18.0 Å². The van der Waals surface area contributed by atoms with Crippen molar-refractivity contribution in [2.75, 3.05) is 24.6 Å². The summed E-state index contributed by atoms with van der Waals surface area (Å²) >= 11 is 0. The van der Waals surface area contributed by atoms with Crippen molar-refractivity contribution in [3.63, 3.8) is 0 Å². The Hall–Kier alpha value is -2.77. The SMILES string of the molecule is Cc1cccc(C)c1OCCC(=O)NC1CCN(c2ccc(C(F)(F)F)cn2)CC1. The van der Waals surface area contributed by atoms with Crippen LogP contribution in [0, 0.1) is 13.8 Å². The van der Waals surface area contributed by atoms with Gasteiger partial charge in [-0.1, -0.05) is 18.2 Å². The van der Waals surface area contributed by atoms with Gasteiger partial charge in [0.1, 0.15) is 11.6 Å². The lowest BCUT2D eigenvalue weighted by Crippen LogP contribution is -2.45. The zero-order valence-corrected chi connectivity index (χ0v) is 17.1. The summed E-state index contributed by atoms with van der Waals surface area (Å²) in [4.78, 5) is 18.1. The predicted molar refractivity (Wildman–Crippen MR) is 109 cm³/mol. The molecule has 3 rings (SSSR count). The van der Waals surface area contributed by atoms with E-state index in [-0.39, 0.29) is 18.4 Å². The van der Waals surface area contributed by atoms with E-state index in [1.807, 2.05) is 36.9 Å². The largest absolute Gasteiger partial charge is 0.493 e. The maximum Gasteiger partial charge on any atom is 0.417 e. The minimum atomic E-state index is -4.38. The molecule has 1 N–H and O–H groups in total. The van der Waals surface area contributed by atoms with Crippen LogP contribution in [0.25, 0.3) is 0 Å². The summed E-state index contributed by atoms with van der Waals surface area (Å²) in [6.45, 7) is 5.51.